The van der Waals surface area contributed by atoms with Gasteiger partial charge in [-0.3, -0.25) is 4.79 Å². The number of hydrogen-bond donors (Lipinski definition) is 3. The van der Waals surface area contributed by atoms with E-state index in [4.69, 9.17) is 10.8 Å². The fourth-order valence-electron chi connectivity index (χ4n) is 1.82. The molecule has 3 atom stereocenters. The van der Waals surface area contributed by atoms with Crippen molar-refractivity contribution in [3.05, 3.63) is 0 Å². The molecule has 1 rings (SSSR count). The number of β-amino-alcohol motifs (C(OH)–C–C–N with tert-alkyl or cyclic N) is 1. The van der Waals surface area contributed by atoms with Gasteiger partial charge in [-0.15, -0.1) is 0 Å². The summed E-state index contributed by atoms with van der Waals surface area (Å²) < 4.78 is 0. The molecule has 1 aliphatic rings. The Bertz CT molecular complexity index is 282. The Morgan fingerprint density at radius 2 is 2.19 bits per heavy atom. The van der Waals surface area contributed by atoms with Crippen LogP contribution < -0.4 is 5.73 Å². The molecule has 0 bridgehead atoms. The summed E-state index contributed by atoms with van der Waals surface area (Å²) in [5.74, 6) is -1.29. The van der Waals surface area contributed by atoms with Crippen LogP contribution >= 0.6 is 0 Å². The van der Waals surface area contributed by atoms with Crippen molar-refractivity contribution in [2.45, 2.75) is 31.9 Å². The molecule has 4 N–H and O–H groups in total. The van der Waals surface area contributed by atoms with Gasteiger partial charge < -0.3 is 20.8 Å². The SMILES string of the molecule is CC(CN)CC(=O)N1C[C@H](O)C[C@@H]1C(=O)O. The maximum Gasteiger partial charge on any atom is 0.326 e. The highest BCUT2D eigenvalue weighted by atomic mass is 16.4. The maximum absolute atomic E-state index is 11.8. The molecule has 0 spiro atoms. The zero-order chi connectivity index (χ0) is 12.3. The molecule has 1 aliphatic heterocycles. The van der Waals surface area contributed by atoms with Gasteiger partial charge in [0.1, 0.15) is 6.04 Å². The largest absolute Gasteiger partial charge is 0.480 e. The number of likely N-dealkylation sites (tertiary alicyclic amines) is 1. The van der Waals surface area contributed by atoms with E-state index in [2.05, 4.69) is 0 Å². The molecule has 0 aromatic heterocycles. The lowest BCUT2D eigenvalue weighted by Crippen LogP contribution is -2.41. The Morgan fingerprint density at radius 1 is 1.56 bits per heavy atom. The normalized spacial score (nSPS) is 26.8. The van der Waals surface area contributed by atoms with E-state index in [0.717, 1.165) is 0 Å². The lowest BCUT2D eigenvalue weighted by molar-refractivity contribution is -0.148. The highest BCUT2D eigenvalue weighted by Crippen LogP contribution is 2.20. The number of rotatable bonds is 4. The molecule has 1 amide bonds. The van der Waals surface area contributed by atoms with E-state index in [1.807, 2.05) is 6.92 Å². The zero-order valence-corrected chi connectivity index (χ0v) is 9.30. The molecule has 0 aromatic rings. The lowest BCUT2D eigenvalue weighted by atomic mass is 10.1. The van der Waals surface area contributed by atoms with E-state index < -0.39 is 18.1 Å². The average Bonchev–Trinajstić information content (AvgIpc) is 2.60. The van der Waals surface area contributed by atoms with Gasteiger partial charge in [-0.1, -0.05) is 6.92 Å². The van der Waals surface area contributed by atoms with Crippen LogP contribution in [0.3, 0.4) is 0 Å². The summed E-state index contributed by atoms with van der Waals surface area (Å²) in [5.41, 5.74) is 5.40. The Labute approximate surface area is 94.0 Å². The minimum Gasteiger partial charge on any atom is -0.480 e. The molecule has 1 fully saturated rings. The van der Waals surface area contributed by atoms with Gasteiger partial charge in [-0.2, -0.15) is 0 Å². The third kappa shape index (κ3) is 2.93. The van der Waals surface area contributed by atoms with Crippen molar-refractivity contribution in [2.24, 2.45) is 11.7 Å². The Morgan fingerprint density at radius 3 is 2.69 bits per heavy atom. The molecular formula is C10H18N2O4. The summed E-state index contributed by atoms with van der Waals surface area (Å²) in [5, 5.41) is 18.3. The van der Waals surface area contributed by atoms with Crippen LogP contribution in [-0.2, 0) is 9.59 Å². The van der Waals surface area contributed by atoms with Crippen LogP contribution in [0.25, 0.3) is 0 Å². The van der Waals surface area contributed by atoms with Crippen molar-refractivity contribution in [1.82, 2.24) is 4.90 Å². The van der Waals surface area contributed by atoms with Crippen molar-refractivity contribution in [3.63, 3.8) is 0 Å². The number of carboxylic acids is 1. The lowest BCUT2D eigenvalue weighted by Gasteiger charge is -2.22. The molecule has 92 valence electrons. The topological polar surface area (TPSA) is 104 Å². The second-order valence-corrected chi connectivity index (χ2v) is 4.33. The van der Waals surface area contributed by atoms with Crippen molar-refractivity contribution in [3.8, 4) is 0 Å². The summed E-state index contributed by atoms with van der Waals surface area (Å²) in [6, 6.07) is -0.896. The second kappa shape index (κ2) is 5.27. The van der Waals surface area contributed by atoms with Crippen LogP contribution in [0.4, 0.5) is 0 Å². The first-order valence-corrected chi connectivity index (χ1v) is 5.36. The minimum absolute atomic E-state index is 0.0275. The molecule has 1 saturated heterocycles. The number of nitrogens with two attached hydrogens (primary N) is 1. The molecule has 6 heteroatoms. The molecule has 1 heterocycles. The number of aliphatic hydroxyl groups is 1. The summed E-state index contributed by atoms with van der Waals surface area (Å²) >= 11 is 0. The summed E-state index contributed by atoms with van der Waals surface area (Å²) in [6.45, 7) is 2.33. The van der Waals surface area contributed by atoms with Crippen LogP contribution in [-0.4, -0.2) is 52.2 Å². The van der Waals surface area contributed by atoms with Crippen molar-refractivity contribution in [1.29, 1.82) is 0 Å². The smallest absolute Gasteiger partial charge is 0.326 e. The second-order valence-electron chi connectivity index (χ2n) is 4.33. The predicted molar refractivity (Wildman–Crippen MR) is 56.6 cm³/mol. The average molecular weight is 230 g/mol. The van der Waals surface area contributed by atoms with Crippen LogP contribution in [0.2, 0.25) is 0 Å². The number of aliphatic hydroxyl groups excluding tert-OH is 1. The first-order chi connectivity index (χ1) is 7.45. The molecule has 0 aromatic carbocycles. The fourth-order valence-corrected chi connectivity index (χ4v) is 1.82. The minimum atomic E-state index is -1.06. The van der Waals surface area contributed by atoms with Gasteiger partial charge in [0.2, 0.25) is 5.91 Å². The van der Waals surface area contributed by atoms with Gasteiger partial charge in [0.05, 0.1) is 6.10 Å². The first kappa shape index (κ1) is 12.9. The van der Waals surface area contributed by atoms with E-state index in [1.165, 1.54) is 4.90 Å². The summed E-state index contributed by atoms with van der Waals surface area (Å²) in [7, 11) is 0. The first-order valence-electron chi connectivity index (χ1n) is 5.36. The molecule has 1 unspecified atom stereocenters. The monoisotopic (exact) mass is 230 g/mol. The molecule has 16 heavy (non-hydrogen) atoms. The third-order valence-corrected chi connectivity index (χ3v) is 2.81. The number of nitrogens with zero attached hydrogens (tertiary/aromatic N) is 1. The van der Waals surface area contributed by atoms with Crippen molar-refractivity contribution < 1.29 is 19.8 Å². The van der Waals surface area contributed by atoms with Gasteiger partial charge >= 0.3 is 5.97 Å². The van der Waals surface area contributed by atoms with E-state index in [0.29, 0.717) is 6.54 Å². The van der Waals surface area contributed by atoms with Crippen LogP contribution in [0.5, 0.6) is 0 Å². The number of carbonyl (C=O) groups excluding carboxylic acids is 1. The van der Waals surface area contributed by atoms with Crippen LogP contribution in [0.15, 0.2) is 0 Å². The Hall–Kier alpha value is -1.14. The van der Waals surface area contributed by atoms with E-state index in [-0.39, 0.29) is 31.2 Å². The molecular weight excluding hydrogens is 212 g/mol. The number of carbonyl (C=O) groups is 2. The van der Waals surface area contributed by atoms with Gasteiger partial charge in [0.25, 0.3) is 0 Å². The van der Waals surface area contributed by atoms with E-state index in [9.17, 15) is 14.7 Å². The van der Waals surface area contributed by atoms with Crippen LogP contribution in [0.1, 0.15) is 19.8 Å². The molecule has 0 radical (unpaired) electrons. The Kier molecular flexibility index (Phi) is 4.26. The highest BCUT2D eigenvalue weighted by molar-refractivity contribution is 5.84. The number of amides is 1. The standard InChI is InChI=1S/C10H18N2O4/c1-6(4-11)2-9(14)12-5-7(13)3-8(12)10(15)16/h6-8,13H,2-5,11H2,1H3,(H,15,16)/t6?,7-,8-/m1/s1. The summed E-state index contributed by atoms with van der Waals surface area (Å²) in [6.07, 6.45) is -0.399. The van der Waals surface area contributed by atoms with E-state index in [1.54, 1.807) is 0 Å². The third-order valence-electron chi connectivity index (χ3n) is 2.81. The molecule has 0 aliphatic carbocycles. The zero-order valence-electron chi connectivity index (χ0n) is 9.30. The van der Waals surface area contributed by atoms with Gasteiger partial charge in [-0.05, 0) is 12.5 Å². The number of aliphatic carboxylic acids is 1. The molecule has 0 saturated carbocycles. The maximum atomic E-state index is 11.8. The summed E-state index contributed by atoms with van der Waals surface area (Å²) in [4.78, 5) is 23.9. The van der Waals surface area contributed by atoms with Crippen molar-refractivity contribution >= 4 is 11.9 Å². The highest BCUT2D eigenvalue weighted by Gasteiger charge is 2.38. The Balaban J connectivity index is 2.63. The van der Waals surface area contributed by atoms with Gasteiger partial charge in [0, 0.05) is 19.4 Å². The van der Waals surface area contributed by atoms with Crippen molar-refractivity contribution in [2.75, 3.05) is 13.1 Å². The fraction of sp³-hybridized carbons (Fsp3) is 0.800. The number of hydrogen-bond acceptors (Lipinski definition) is 4. The quantitative estimate of drug-likeness (QED) is 0.575. The van der Waals surface area contributed by atoms with Gasteiger partial charge in [0.15, 0.2) is 0 Å². The molecule has 6 nitrogen and oxygen atoms in total. The number of carboxylic acid groups (broad SMARTS) is 1. The predicted octanol–water partition coefficient (Wildman–Crippen LogP) is -0.982. The van der Waals surface area contributed by atoms with Gasteiger partial charge in [-0.25, -0.2) is 4.79 Å². The van der Waals surface area contributed by atoms with E-state index >= 15 is 0 Å². The van der Waals surface area contributed by atoms with Crippen LogP contribution in [0, 0.1) is 5.92 Å².